The van der Waals surface area contributed by atoms with Crippen molar-refractivity contribution < 1.29 is 19.4 Å². The van der Waals surface area contributed by atoms with E-state index < -0.39 is 5.97 Å². The van der Waals surface area contributed by atoms with Crippen molar-refractivity contribution in [1.82, 2.24) is 0 Å². The second-order valence-electron chi connectivity index (χ2n) is 3.35. The molecule has 1 N–H and O–H groups in total. The Morgan fingerprint density at radius 3 is 2.76 bits per heavy atom. The van der Waals surface area contributed by atoms with Crippen LogP contribution in [-0.4, -0.2) is 28.9 Å². The zero-order chi connectivity index (χ0) is 12.8. The lowest BCUT2D eigenvalue weighted by Gasteiger charge is -2.10. The number of carbonyl (C=O) groups excluding carboxylic acids is 1. The highest BCUT2D eigenvalue weighted by molar-refractivity contribution is 8.00. The quantitative estimate of drug-likeness (QED) is 0.646. The van der Waals surface area contributed by atoms with E-state index >= 15 is 0 Å². The summed E-state index contributed by atoms with van der Waals surface area (Å²) in [4.78, 5) is 22.9. The Hall–Kier alpha value is -1.49. The van der Waals surface area contributed by atoms with Crippen molar-refractivity contribution in [3.05, 3.63) is 29.8 Å². The van der Waals surface area contributed by atoms with Gasteiger partial charge in [-0.05, 0) is 32.0 Å². The molecule has 1 aromatic carbocycles. The van der Waals surface area contributed by atoms with Crippen LogP contribution >= 0.6 is 11.8 Å². The Kier molecular flexibility index (Phi) is 5.03. The highest BCUT2D eigenvalue weighted by Gasteiger charge is 2.15. The van der Waals surface area contributed by atoms with Crippen LogP contribution in [0.3, 0.4) is 0 Å². The molecule has 0 saturated carbocycles. The number of esters is 1. The van der Waals surface area contributed by atoms with Crippen molar-refractivity contribution in [3.8, 4) is 0 Å². The van der Waals surface area contributed by atoms with E-state index in [0.29, 0.717) is 6.61 Å². The smallest absolute Gasteiger partial charge is 0.335 e. The second kappa shape index (κ2) is 6.30. The van der Waals surface area contributed by atoms with Gasteiger partial charge in [-0.1, -0.05) is 6.07 Å². The summed E-state index contributed by atoms with van der Waals surface area (Å²) in [7, 11) is 0. The Labute approximate surface area is 104 Å². The molecule has 0 bridgehead atoms. The van der Waals surface area contributed by atoms with Crippen molar-refractivity contribution in [2.24, 2.45) is 0 Å². The summed E-state index contributed by atoms with van der Waals surface area (Å²) in [5, 5.41) is 8.49. The molecular weight excluding hydrogens is 240 g/mol. The predicted molar refractivity (Wildman–Crippen MR) is 65.4 cm³/mol. The third kappa shape index (κ3) is 4.11. The largest absolute Gasteiger partial charge is 0.478 e. The molecule has 0 aliphatic carbocycles. The van der Waals surface area contributed by atoms with Crippen molar-refractivity contribution in [2.75, 3.05) is 6.61 Å². The highest BCUT2D eigenvalue weighted by atomic mass is 32.2. The summed E-state index contributed by atoms with van der Waals surface area (Å²) in [6.45, 7) is 3.83. The first kappa shape index (κ1) is 13.6. The second-order valence-corrected chi connectivity index (χ2v) is 4.76. The Morgan fingerprint density at radius 1 is 1.47 bits per heavy atom. The van der Waals surface area contributed by atoms with Gasteiger partial charge in [0.2, 0.25) is 0 Å². The fourth-order valence-corrected chi connectivity index (χ4v) is 2.14. The topological polar surface area (TPSA) is 63.6 Å². The fraction of sp³-hybridized carbons (Fsp3) is 0.333. The van der Waals surface area contributed by atoms with Gasteiger partial charge in [0, 0.05) is 4.90 Å². The number of hydrogen-bond acceptors (Lipinski definition) is 4. The van der Waals surface area contributed by atoms with Gasteiger partial charge in [0.1, 0.15) is 5.25 Å². The molecule has 0 aliphatic rings. The van der Waals surface area contributed by atoms with E-state index in [1.165, 1.54) is 17.8 Å². The van der Waals surface area contributed by atoms with Gasteiger partial charge in [-0.25, -0.2) is 4.79 Å². The number of carboxylic acids is 1. The SMILES string of the molecule is CCOC(=O)C(C)Sc1cccc(C(=O)O)c1. The Balaban J connectivity index is 2.71. The molecule has 0 spiro atoms. The standard InChI is InChI=1S/C12H14O4S/c1-3-16-12(15)8(2)17-10-6-4-5-9(7-10)11(13)14/h4-8H,3H2,1-2H3,(H,13,14). The minimum absolute atomic E-state index is 0.214. The van der Waals surface area contributed by atoms with Crippen LogP contribution in [0, 0.1) is 0 Å². The zero-order valence-corrected chi connectivity index (χ0v) is 10.5. The summed E-state index contributed by atoms with van der Waals surface area (Å²) < 4.78 is 4.88. The van der Waals surface area contributed by atoms with Crippen LogP contribution in [0.5, 0.6) is 0 Å². The maximum Gasteiger partial charge on any atom is 0.335 e. The van der Waals surface area contributed by atoms with Crippen LogP contribution < -0.4 is 0 Å². The van der Waals surface area contributed by atoms with E-state index in [4.69, 9.17) is 9.84 Å². The third-order valence-corrected chi connectivity index (χ3v) is 3.08. The van der Waals surface area contributed by atoms with Crippen LogP contribution in [-0.2, 0) is 9.53 Å². The number of aromatic carboxylic acids is 1. The molecule has 17 heavy (non-hydrogen) atoms. The van der Waals surface area contributed by atoms with E-state index in [2.05, 4.69) is 0 Å². The molecule has 0 amide bonds. The van der Waals surface area contributed by atoms with Crippen molar-refractivity contribution in [3.63, 3.8) is 0 Å². The number of ether oxygens (including phenoxy) is 1. The van der Waals surface area contributed by atoms with Crippen LogP contribution in [0.4, 0.5) is 0 Å². The lowest BCUT2D eigenvalue weighted by atomic mass is 10.2. The first-order valence-corrected chi connectivity index (χ1v) is 6.09. The van der Waals surface area contributed by atoms with Gasteiger partial charge < -0.3 is 9.84 Å². The van der Waals surface area contributed by atoms with Crippen LogP contribution in [0.1, 0.15) is 24.2 Å². The number of thioether (sulfide) groups is 1. The molecular formula is C12H14O4S. The molecule has 5 heteroatoms. The molecule has 4 nitrogen and oxygen atoms in total. The summed E-state index contributed by atoms with van der Waals surface area (Å²) in [6.07, 6.45) is 0. The molecule has 0 saturated heterocycles. The van der Waals surface area contributed by atoms with Gasteiger partial charge in [-0.3, -0.25) is 4.79 Å². The Morgan fingerprint density at radius 2 is 2.18 bits per heavy atom. The van der Waals surface area contributed by atoms with Crippen LogP contribution in [0.2, 0.25) is 0 Å². The van der Waals surface area contributed by atoms with Gasteiger partial charge in [-0.2, -0.15) is 0 Å². The minimum Gasteiger partial charge on any atom is -0.478 e. The first-order chi connectivity index (χ1) is 8.04. The highest BCUT2D eigenvalue weighted by Crippen LogP contribution is 2.24. The summed E-state index contributed by atoms with van der Waals surface area (Å²) >= 11 is 1.29. The van der Waals surface area contributed by atoms with Gasteiger partial charge in [-0.15, -0.1) is 11.8 Å². The van der Waals surface area contributed by atoms with E-state index in [1.54, 1.807) is 32.0 Å². The average molecular weight is 254 g/mol. The lowest BCUT2D eigenvalue weighted by molar-refractivity contribution is -0.142. The summed E-state index contributed by atoms with van der Waals surface area (Å²) in [5.74, 6) is -1.27. The average Bonchev–Trinajstić information content (AvgIpc) is 2.29. The van der Waals surface area contributed by atoms with Crippen molar-refractivity contribution in [2.45, 2.75) is 24.0 Å². The van der Waals surface area contributed by atoms with Crippen LogP contribution in [0.25, 0.3) is 0 Å². The number of carbonyl (C=O) groups is 2. The predicted octanol–water partition coefficient (Wildman–Crippen LogP) is 2.43. The van der Waals surface area contributed by atoms with E-state index in [9.17, 15) is 9.59 Å². The zero-order valence-electron chi connectivity index (χ0n) is 9.67. The van der Waals surface area contributed by atoms with Gasteiger partial charge >= 0.3 is 11.9 Å². The van der Waals surface area contributed by atoms with Crippen molar-refractivity contribution in [1.29, 1.82) is 0 Å². The molecule has 1 rings (SSSR count). The molecule has 0 aliphatic heterocycles. The maximum atomic E-state index is 11.4. The number of benzene rings is 1. The third-order valence-electron chi connectivity index (χ3n) is 2.01. The summed E-state index contributed by atoms with van der Waals surface area (Å²) in [5.41, 5.74) is 0.214. The minimum atomic E-state index is -0.976. The molecule has 92 valence electrons. The van der Waals surface area contributed by atoms with E-state index in [-0.39, 0.29) is 16.8 Å². The van der Waals surface area contributed by atoms with Gasteiger partial charge in [0.15, 0.2) is 0 Å². The number of rotatable bonds is 5. The number of hydrogen-bond donors (Lipinski definition) is 1. The maximum absolute atomic E-state index is 11.4. The molecule has 0 radical (unpaired) electrons. The molecule has 0 heterocycles. The van der Waals surface area contributed by atoms with Crippen LogP contribution in [0.15, 0.2) is 29.2 Å². The molecule has 1 aromatic rings. The fourth-order valence-electron chi connectivity index (χ4n) is 1.21. The lowest BCUT2D eigenvalue weighted by Crippen LogP contribution is -2.16. The Bertz CT molecular complexity index is 417. The van der Waals surface area contributed by atoms with Gasteiger partial charge in [0.05, 0.1) is 12.2 Å². The molecule has 1 unspecified atom stereocenters. The normalized spacial score (nSPS) is 11.9. The van der Waals surface area contributed by atoms with E-state index in [0.717, 1.165) is 4.90 Å². The van der Waals surface area contributed by atoms with E-state index in [1.807, 2.05) is 0 Å². The molecule has 1 atom stereocenters. The first-order valence-electron chi connectivity index (χ1n) is 5.21. The monoisotopic (exact) mass is 254 g/mol. The van der Waals surface area contributed by atoms with Gasteiger partial charge in [0.25, 0.3) is 0 Å². The summed E-state index contributed by atoms with van der Waals surface area (Å²) in [6, 6.07) is 6.49. The molecule has 0 fully saturated rings. The number of carboxylic acid groups (broad SMARTS) is 1. The molecule has 0 aromatic heterocycles. The van der Waals surface area contributed by atoms with Crippen molar-refractivity contribution >= 4 is 23.7 Å².